The molecule has 0 aliphatic heterocycles. The quantitative estimate of drug-likeness (QED) is 0.933. The number of pyridine rings is 2. The Labute approximate surface area is 126 Å². The predicted octanol–water partition coefficient (Wildman–Crippen LogP) is 3.37. The van der Waals surface area contributed by atoms with Gasteiger partial charge in [0.15, 0.2) is 0 Å². The molecule has 2 aromatic heterocycles. The summed E-state index contributed by atoms with van der Waals surface area (Å²) in [6.07, 6.45) is 4.93. The number of hydrogen-bond donors (Lipinski definition) is 1. The molecule has 0 saturated heterocycles. The van der Waals surface area contributed by atoms with E-state index in [1.165, 1.54) is 0 Å². The van der Waals surface area contributed by atoms with Gasteiger partial charge in [-0.3, -0.25) is 14.8 Å². The van der Waals surface area contributed by atoms with Crippen LogP contribution in [0.5, 0.6) is 0 Å². The third-order valence-corrected chi connectivity index (χ3v) is 3.36. The van der Waals surface area contributed by atoms with Gasteiger partial charge in [-0.1, -0.05) is 19.9 Å². The van der Waals surface area contributed by atoms with E-state index < -0.39 is 0 Å². The van der Waals surface area contributed by atoms with Crippen LogP contribution in [0.4, 0.5) is 0 Å². The van der Waals surface area contributed by atoms with E-state index in [4.69, 9.17) is 0 Å². The normalized spacial score (nSPS) is 12.2. The Morgan fingerprint density at radius 1 is 1.30 bits per heavy atom. The van der Waals surface area contributed by atoms with Gasteiger partial charge in [-0.25, -0.2) is 0 Å². The van der Waals surface area contributed by atoms with Crippen LogP contribution in [0.15, 0.2) is 47.3 Å². The topological polar surface area (TPSA) is 54.9 Å². The van der Waals surface area contributed by atoms with Gasteiger partial charge in [0.1, 0.15) is 0 Å². The molecule has 2 aromatic rings. The third-order valence-electron chi connectivity index (χ3n) is 2.93. The van der Waals surface area contributed by atoms with Gasteiger partial charge in [0.05, 0.1) is 17.3 Å². The first-order chi connectivity index (χ1) is 9.58. The molecule has 1 N–H and O–H groups in total. The van der Waals surface area contributed by atoms with Crippen molar-refractivity contribution < 1.29 is 4.79 Å². The summed E-state index contributed by atoms with van der Waals surface area (Å²) in [5, 5.41) is 3.01. The molecule has 4 nitrogen and oxygen atoms in total. The molecule has 2 rings (SSSR count). The molecule has 0 aliphatic rings. The van der Waals surface area contributed by atoms with Crippen LogP contribution in [-0.4, -0.2) is 15.9 Å². The average molecular weight is 334 g/mol. The molecule has 104 valence electrons. The lowest BCUT2D eigenvalue weighted by Crippen LogP contribution is -2.32. The molecule has 1 unspecified atom stereocenters. The Hall–Kier alpha value is -1.75. The predicted molar refractivity (Wildman–Crippen MR) is 81.2 cm³/mol. The lowest BCUT2D eigenvalue weighted by atomic mass is 10.00. The number of nitrogens with one attached hydrogen (secondary N) is 1. The van der Waals surface area contributed by atoms with Crippen LogP contribution in [0, 0.1) is 5.92 Å². The zero-order valence-corrected chi connectivity index (χ0v) is 13.0. The summed E-state index contributed by atoms with van der Waals surface area (Å²) in [4.78, 5) is 20.6. The largest absolute Gasteiger partial charge is 0.343 e. The van der Waals surface area contributed by atoms with Crippen LogP contribution in [0.2, 0.25) is 0 Å². The van der Waals surface area contributed by atoms with Crippen LogP contribution in [-0.2, 0) is 0 Å². The van der Waals surface area contributed by atoms with Crippen molar-refractivity contribution in [2.24, 2.45) is 5.92 Å². The zero-order chi connectivity index (χ0) is 14.5. The Balaban J connectivity index is 2.19. The summed E-state index contributed by atoms with van der Waals surface area (Å²) in [6.45, 7) is 4.11. The summed E-state index contributed by atoms with van der Waals surface area (Å²) in [5.41, 5.74) is 1.39. The van der Waals surface area contributed by atoms with Gasteiger partial charge in [0.2, 0.25) is 0 Å². The molecule has 0 radical (unpaired) electrons. The lowest BCUT2D eigenvalue weighted by Gasteiger charge is -2.21. The van der Waals surface area contributed by atoms with Crippen molar-refractivity contribution in [3.63, 3.8) is 0 Å². The lowest BCUT2D eigenvalue weighted by molar-refractivity contribution is 0.0924. The van der Waals surface area contributed by atoms with Gasteiger partial charge in [0, 0.05) is 23.1 Å². The van der Waals surface area contributed by atoms with Gasteiger partial charge < -0.3 is 5.32 Å². The molecule has 0 aliphatic carbocycles. The van der Waals surface area contributed by atoms with Crippen LogP contribution < -0.4 is 5.32 Å². The monoisotopic (exact) mass is 333 g/mol. The molecule has 5 heteroatoms. The molecule has 0 spiro atoms. The van der Waals surface area contributed by atoms with Gasteiger partial charge in [-0.15, -0.1) is 0 Å². The fraction of sp³-hybridized carbons (Fsp3) is 0.267. The molecule has 0 fully saturated rings. The van der Waals surface area contributed by atoms with E-state index in [-0.39, 0.29) is 17.9 Å². The maximum Gasteiger partial charge on any atom is 0.253 e. The molecule has 20 heavy (non-hydrogen) atoms. The number of hydrogen-bond acceptors (Lipinski definition) is 3. The highest BCUT2D eigenvalue weighted by atomic mass is 79.9. The van der Waals surface area contributed by atoms with Gasteiger partial charge >= 0.3 is 0 Å². The van der Waals surface area contributed by atoms with Crippen LogP contribution >= 0.6 is 15.9 Å². The Morgan fingerprint density at radius 2 is 2.10 bits per heavy atom. The molecule has 1 amide bonds. The Morgan fingerprint density at radius 3 is 2.70 bits per heavy atom. The first-order valence-corrected chi connectivity index (χ1v) is 7.19. The number of aromatic nitrogens is 2. The number of rotatable bonds is 4. The van der Waals surface area contributed by atoms with E-state index in [9.17, 15) is 4.79 Å². The minimum atomic E-state index is -0.150. The SMILES string of the molecule is CC(C)C(NC(=O)c1cncc(Br)c1)c1ccccn1. The van der Waals surface area contributed by atoms with Crippen molar-refractivity contribution in [2.75, 3.05) is 0 Å². The number of halogens is 1. The van der Waals surface area contributed by atoms with Crippen LogP contribution in [0.3, 0.4) is 0 Å². The Bertz CT molecular complexity index is 587. The second kappa shape index (κ2) is 6.61. The highest BCUT2D eigenvalue weighted by Crippen LogP contribution is 2.20. The van der Waals surface area contributed by atoms with Crippen molar-refractivity contribution in [3.05, 3.63) is 58.6 Å². The van der Waals surface area contributed by atoms with Gasteiger partial charge in [-0.2, -0.15) is 0 Å². The smallest absolute Gasteiger partial charge is 0.253 e. The molecule has 0 saturated carbocycles. The summed E-state index contributed by atoms with van der Waals surface area (Å²) in [6, 6.07) is 7.33. The van der Waals surface area contributed by atoms with Crippen molar-refractivity contribution >= 4 is 21.8 Å². The van der Waals surface area contributed by atoms with E-state index in [1.54, 1.807) is 24.7 Å². The van der Waals surface area contributed by atoms with E-state index >= 15 is 0 Å². The number of amides is 1. The maximum absolute atomic E-state index is 12.3. The first-order valence-electron chi connectivity index (χ1n) is 6.40. The minimum Gasteiger partial charge on any atom is -0.343 e. The highest BCUT2D eigenvalue weighted by Gasteiger charge is 2.20. The van der Waals surface area contributed by atoms with Gasteiger partial charge in [0.25, 0.3) is 5.91 Å². The number of carbonyl (C=O) groups is 1. The number of carbonyl (C=O) groups excluding carboxylic acids is 1. The second-order valence-electron chi connectivity index (χ2n) is 4.84. The molecule has 2 heterocycles. The summed E-state index contributed by atoms with van der Waals surface area (Å²) >= 11 is 3.32. The summed E-state index contributed by atoms with van der Waals surface area (Å²) in [7, 11) is 0. The van der Waals surface area contributed by atoms with Gasteiger partial charge in [-0.05, 0) is 40.0 Å². The van der Waals surface area contributed by atoms with Crippen molar-refractivity contribution in [2.45, 2.75) is 19.9 Å². The molecule has 1 atom stereocenters. The highest BCUT2D eigenvalue weighted by molar-refractivity contribution is 9.10. The van der Waals surface area contributed by atoms with E-state index in [0.29, 0.717) is 5.56 Å². The van der Waals surface area contributed by atoms with Crippen molar-refractivity contribution in [1.29, 1.82) is 0 Å². The first kappa shape index (κ1) is 14.7. The Kier molecular flexibility index (Phi) is 4.84. The van der Waals surface area contributed by atoms with E-state index in [2.05, 4.69) is 45.1 Å². The van der Waals surface area contributed by atoms with E-state index in [0.717, 1.165) is 10.2 Å². The molecule has 0 bridgehead atoms. The standard InChI is InChI=1S/C15H16BrN3O/c1-10(2)14(13-5-3-4-6-18-13)19-15(20)11-7-12(16)9-17-8-11/h3-10,14H,1-2H3,(H,19,20). The average Bonchev–Trinajstić information content (AvgIpc) is 2.45. The van der Waals surface area contributed by atoms with Crippen LogP contribution in [0.1, 0.15) is 35.9 Å². The third kappa shape index (κ3) is 3.63. The summed E-state index contributed by atoms with van der Waals surface area (Å²) < 4.78 is 0.782. The fourth-order valence-electron chi connectivity index (χ4n) is 1.90. The summed E-state index contributed by atoms with van der Waals surface area (Å²) in [5.74, 6) is 0.0946. The number of nitrogens with zero attached hydrogens (tertiary/aromatic N) is 2. The van der Waals surface area contributed by atoms with E-state index in [1.807, 2.05) is 18.2 Å². The zero-order valence-electron chi connectivity index (χ0n) is 11.4. The molecule has 0 aromatic carbocycles. The second-order valence-corrected chi connectivity index (χ2v) is 5.76. The molecular formula is C15H16BrN3O. The van der Waals surface area contributed by atoms with Crippen molar-refractivity contribution in [3.8, 4) is 0 Å². The molecular weight excluding hydrogens is 318 g/mol. The van der Waals surface area contributed by atoms with Crippen LogP contribution in [0.25, 0.3) is 0 Å². The minimum absolute atomic E-state index is 0.123. The van der Waals surface area contributed by atoms with Crippen molar-refractivity contribution in [1.82, 2.24) is 15.3 Å². The fourth-order valence-corrected chi connectivity index (χ4v) is 2.27. The maximum atomic E-state index is 12.3.